The summed E-state index contributed by atoms with van der Waals surface area (Å²) in [6, 6.07) is 0.343. The van der Waals surface area contributed by atoms with E-state index in [1.807, 2.05) is 18.9 Å². The summed E-state index contributed by atoms with van der Waals surface area (Å²) in [6.07, 6.45) is 0. The summed E-state index contributed by atoms with van der Waals surface area (Å²) < 4.78 is 0. The lowest BCUT2D eigenvalue weighted by Gasteiger charge is -2.39. The van der Waals surface area contributed by atoms with Crippen molar-refractivity contribution in [3.8, 4) is 0 Å². The number of rotatable bonds is 3. The molecule has 17 heavy (non-hydrogen) atoms. The molecule has 1 aliphatic rings. The monoisotopic (exact) mass is 285 g/mol. The average Bonchev–Trinajstić information content (AvgIpc) is 2.17. The van der Waals surface area contributed by atoms with Crippen LogP contribution in [0.15, 0.2) is 0 Å². The molecular formula is C11H25Cl2N3O. The summed E-state index contributed by atoms with van der Waals surface area (Å²) in [6.45, 7) is 7.71. The number of hydrogen-bond donors (Lipinski definition) is 1. The van der Waals surface area contributed by atoms with Crippen molar-refractivity contribution < 1.29 is 4.79 Å². The lowest BCUT2D eigenvalue weighted by molar-refractivity contribution is -0.139. The Morgan fingerprint density at radius 1 is 1.41 bits per heavy atom. The second-order valence-corrected chi connectivity index (χ2v) is 4.60. The minimum Gasteiger partial charge on any atom is -0.337 e. The maximum atomic E-state index is 12.1. The van der Waals surface area contributed by atoms with Crippen LogP contribution in [-0.2, 0) is 4.79 Å². The van der Waals surface area contributed by atoms with Gasteiger partial charge in [0.15, 0.2) is 0 Å². The van der Waals surface area contributed by atoms with Crippen LogP contribution >= 0.6 is 24.8 Å². The highest BCUT2D eigenvalue weighted by atomic mass is 35.5. The summed E-state index contributed by atoms with van der Waals surface area (Å²) in [5.74, 6) is 0.366. The van der Waals surface area contributed by atoms with E-state index in [0.29, 0.717) is 6.04 Å². The third-order valence-electron chi connectivity index (χ3n) is 3.05. The molecular weight excluding hydrogens is 261 g/mol. The van der Waals surface area contributed by atoms with Gasteiger partial charge < -0.3 is 15.1 Å². The second kappa shape index (κ2) is 8.97. The van der Waals surface area contributed by atoms with E-state index in [1.54, 1.807) is 0 Å². The van der Waals surface area contributed by atoms with Crippen LogP contribution in [0.25, 0.3) is 0 Å². The number of carbonyl (C=O) groups is 1. The fourth-order valence-corrected chi connectivity index (χ4v) is 2.14. The van der Waals surface area contributed by atoms with Crippen LogP contribution in [0.4, 0.5) is 0 Å². The Balaban J connectivity index is 0. The first kappa shape index (κ1) is 19.3. The number of carbonyl (C=O) groups excluding carboxylic acids is 1. The van der Waals surface area contributed by atoms with Gasteiger partial charge in [-0.1, -0.05) is 6.92 Å². The molecule has 0 aromatic heterocycles. The molecule has 6 heteroatoms. The van der Waals surface area contributed by atoms with Gasteiger partial charge in [-0.25, -0.2) is 0 Å². The van der Waals surface area contributed by atoms with Crippen molar-refractivity contribution >= 4 is 30.7 Å². The van der Waals surface area contributed by atoms with Gasteiger partial charge in [0.25, 0.3) is 0 Å². The van der Waals surface area contributed by atoms with Gasteiger partial charge >= 0.3 is 0 Å². The van der Waals surface area contributed by atoms with Crippen molar-refractivity contribution in [2.45, 2.75) is 19.9 Å². The Hall–Kier alpha value is -0.0300. The summed E-state index contributed by atoms with van der Waals surface area (Å²) >= 11 is 0. The molecule has 0 aromatic carbocycles. The van der Waals surface area contributed by atoms with E-state index in [-0.39, 0.29) is 36.6 Å². The van der Waals surface area contributed by atoms with Crippen molar-refractivity contribution in [1.82, 2.24) is 15.1 Å². The van der Waals surface area contributed by atoms with Crippen LogP contribution < -0.4 is 5.32 Å². The number of halogens is 2. The molecule has 1 N–H and O–H groups in total. The van der Waals surface area contributed by atoms with Gasteiger partial charge in [-0.2, -0.15) is 0 Å². The quantitative estimate of drug-likeness (QED) is 0.835. The number of amides is 1. The Morgan fingerprint density at radius 2 is 2.00 bits per heavy atom. The predicted octanol–water partition coefficient (Wildman–Crippen LogP) is 0.848. The van der Waals surface area contributed by atoms with E-state index < -0.39 is 0 Å². The van der Waals surface area contributed by atoms with Gasteiger partial charge in [-0.3, -0.25) is 4.79 Å². The molecule has 0 aliphatic carbocycles. The van der Waals surface area contributed by atoms with Crippen LogP contribution in [0.1, 0.15) is 13.8 Å². The molecule has 4 nitrogen and oxygen atoms in total. The van der Waals surface area contributed by atoms with Crippen LogP contribution in [0.2, 0.25) is 0 Å². The Kier molecular flexibility index (Phi) is 10.2. The summed E-state index contributed by atoms with van der Waals surface area (Å²) in [7, 11) is 3.99. The number of nitrogens with one attached hydrogen (secondary N) is 1. The highest BCUT2D eigenvalue weighted by Gasteiger charge is 2.28. The molecule has 0 bridgehead atoms. The topological polar surface area (TPSA) is 35.6 Å². The SMILES string of the molecule is CNCC(C)C(=O)N1CCN(C)CC1C.Cl.Cl. The van der Waals surface area contributed by atoms with Gasteiger partial charge in [-0.05, 0) is 21.0 Å². The maximum absolute atomic E-state index is 12.1. The van der Waals surface area contributed by atoms with Crippen molar-refractivity contribution in [2.24, 2.45) is 5.92 Å². The van der Waals surface area contributed by atoms with Gasteiger partial charge in [0.2, 0.25) is 5.91 Å². The molecule has 1 amide bonds. The number of piperazine rings is 1. The Morgan fingerprint density at radius 3 is 2.47 bits per heavy atom. The minimum absolute atomic E-state index is 0. The van der Waals surface area contributed by atoms with Crippen molar-refractivity contribution in [1.29, 1.82) is 0 Å². The smallest absolute Gasteiger partial charge is 0.227 e. The molecule has 0 spiro atoms. The van der Waals surface area contributed by atoms with Crippen LogP contribution in [0.5, 0.6) is 0 Å². The first-order chi connectivity index (χ1) is 7.06. The molecule has 0 saturated carbocycles. The van der Waals surface area contributed by atoms with E-state index in [2.05, 4.69) is 24.2 Å². The van der Waals surface area contributed by atoms with E-state index in [4.69, 9.17) is 0 Å². The highest BCUT2D eigenvalue weighted by Crippen LogP contribution is 2.11. The molecule has 104 valence electrons. The third kappa shape index (κ3) is 5.42. The third-order valence-corrected chi connectivity index (χ3v) is 3.05. The van der Waals surface area contributed by atoms with E-state index in [9.17, 15) is 4.79 Å². The molecule has 0 aromatic rings. The average molecular weight is 286 g/mol. The zero-order valence-corrected chi connectivity index (χ0v) is 12.7. The zero-order valence-electron chi connectivity index (χ0n) is 11.1. The van der Waals surface area contributed by atoms with E-state index in [0.717, 1.165) is 26.2 Å². The first-order valence-corrected chi connectivity index (χ1v) is 5.70. The second-order valence-electron chi connectivity index (χ2n) is 4.60. The molecule has 1 saturated heterocycles. The number of nitrogens with zero attached hydrogens (tertiary/aromatic N) is 2. The molecule has 1 heterocycles. The van der Waals surface area contributed by atoms with Gasteiger partial charge in [0, 0.05) is 38.1 Å². The lowest BCUT2D eigenvalue weighted by atomic mass is 10.1. The van der Waals surface area contributed by atoms with E-state index >= 15 is 0 Å². The van der Waals surface area contributed by atoms with Crippen molar-refractivity contribution in [2.75, 3.05) is 40.3 Å². The Bertz CT molecular complexity index is 229. The van der Waals surface area contributed by atoms with Crippen LogP contribution in [0.3, 0.4) is 0 Å². The maximum Gasteiger partial charge on any atom is 0.227 e. The first-order valence-electron chi connectivity index (χ1n) is 5.70. The number of likely N-dealkylation sites (N-methyl/N-ethyl adjacent to an activating group) is 1. The van der Waals surface area contributed by atoms with Crippen molar-refractivity contribution in [3.05, 3.63) is 0 Å². The van der Waals surface area contributed by atoms with Crippen LogP contribution in [-0.4, -0.2) is 62.0 Å². The van der Waals surface area contributed by atoms with Crippen LogP contribution in [0, 0.1) is 5.92 Å². The molecule has 1 rings (SSSR count). The molecule has 0 radical (unpaired) electrons. The summed E-state index contributed by atoms with van der Waals surface area (Å²) in [4.78, 5) is 16.4. The summed E-state index contributed by atoms with van der Waals surface area (Å²) in [5.41, 5.74) is 0. The zero-order chi connectivity index (χ0) is 11.4. The lowest BCUT2D eigenvalue weighted by Crippen LogP contribution is -2.54. The molecule has 2 atom stereocenters. The summed E-state index contributed by atoms with van der Waals surface area (Å²) in [5, 5.41) is 3.05. The molecule has 2 unspecified atom stereocenters. The largest absolute Gasteiger partial charge is 0.337 e. The van der Waals surface area contributed by atoms with Gasteiger partial charge in [0.05, 0.1) is 0 Å². The van der Waals surface area contributed by atoms with Gasteiger partial charge in [0.1, 0.15) is 0 Å². The molecule has 1 fully saturated rings. The fraction of sp³-hybridized carbons (Fsp3) is 0.909. The fourth-order valence-electron chi connectivity index (χ4n) is 2.14. The van der Waals surface area contributed by atoms with Gasteiger partial charge in [-0.15, -0.1) is 24.8 Å². The molecule has 1 aliphatic heterocycles. The normalized spacial score (nSPS) is 22.4. The Labute approximate surface area is 117 Å². The predicted molar refractivity (Wildman–Crippen MR) is 76.3 cm³/mol. The standard InChI is InChI=1S/C11H23N3O.2ClH/c1-9(7-12-3)11(15)14-6-5-13(4)8-10(14)2;;/h9-10,12H,5-8H2,1-4H3;2*1H. The highest BCUT2D eigenvalue weighted by molar-refractivity contribution is 5.85. The number of hydrogen-bond acceptors (Lipinski definition) is 3. The van der Waals surface area contributed by atoms with Crippen molar-refractivity contribution in [3.63, 3.8) is 0 Å². The minimum atomic E-state index is 0. The van der Waals surface area contributed by atoms with E-state index in [1.165, 1.54) is 0 Å².